The lowest BCUT2D eigenvalue weighted by atomic mass is 10.2. The molecule has 2 amide bonds. The Morgan fingerprint density at radius 3 is 2.61 bits per heavy atom. The third-order valence-corrected chi connectivity index (χ3v) is 4.26. The van der Waals surface area contributed by atoms with E-state index < -0.39 is 0 Å². The summed E-state index contributed by atoms with van der Waals surface area (Å²) in [5.41, 5.74) is 6.30. The summed E-state index contributed by atoms with van der Waals surface area (Å²) in [5, 5.41) is 0.554. The number of carbonyl (C=O) groups excluding carboxylic acids is 2. The first-order valence-electron chi connectivity index (χ1n) is 8.05. The SMILES string of the molecule is CC(N)CCC(=O)N1CCCN(C(=O)c2cccc(Cl)c2)CC1. The van der Waals surface area contributed by atoms with Crippen molar-refractivity contribution in [1.29, 1.82) is 0 Å². The van der Waals surface area contributed by atoms with Crippen LogP contribution in [-0.4, -0.2) is 53.8 Å². The zero-order chi connectivity index (χ0) is 16.8. The molecule has 126 valence electrons. The van der Waals surface area contributed by atoms with Crippen LogP contribution in [-0.2, 0) is 4.79 Å². The van der Waals surface area contributed by atoms with Crippen LogP contribution in [0.2, 0.25) is 5.02 Å². The Morgan fingerprint density at radius 2 is 1.91 bits per heavy atom. The van der Waals surface area contributed by atoms with Crippen molar-refractivity contribution in [3.8, 4) is 0 Å². The predicted octanol–water partition coefficient (Wildman–Crippen LogP) is 2.14. The molecule has 23 heavy (non-hydrogen) atoms. The minimum absolute atomic E-state index is 0.0302. The lowest BCUT2D eigenvalue weighted by molar-refractivity contribution is -0.131. The van der Waals surface area contributed by atoms with Gasteiger partial charge < -0.3 is 15.5 Å². The third-order valence-electron chi connectivity index (χ3n) is 4.02. The van der Waals surface area contributed by atoms with Crippen molar-refractivity contribution in [3.63, 3.8) is 0 Å². The minimum Gasteiger partial charge on any atom is -0.341 e. The summed E-state index contributed by atoms with van der Waals surface area (Å²) in [5.74, 6) is 0.0942. The van der Waals surface area contributed by atoms with Crippen molar-refractivity contribution in [2.75, 3.05) is 26.2 Å². The van der Waals surface area contributed by atoms with Crippen molar-refractivity contribution in [2.24, 2.45) is 5.73 Å². The van der Waals surface area contributed by atoms with E-state index >= 15 is 0 Å². The van der Waals surface area contributed by atoms with Crippen LogP contribution < -0.4 is 5.73 Å². The summed E-state index contributed by atoms with van der Waals surface area (Å²) in [6.45, 7) is 4.37. The van der Waals surface area contributed by atoms with Crippen molar-refractivity contribution in [3.05, 3.63) is 34.9 Å². The van der Waals surface area contributed by atoms with E-state index in [1.807, 2.05) is 11.8 Å². The molecule has 1 heterocycles. The van der Waals surface area contributed by atoms with E-state index in [4.69, 9.17) is 17.3 Å². The quantitative estimate of drug-likeness (QED) is 0.915. The largest absolute Gasteiger partial charge is 0.341 e. The molecule has 0 saturated carbocycles. The molecule has 2 rings (SSSR count). The Morgan fingerprint density at radius 1 is 1.22 bits per heavy atom. The second-order valence-electron chi connectivity index (χ2n) is 6.05. The molecule has 1 aromatic carbocycles. The number of hydrogen-bond acceptors (Lipinski definition) is 3. The van der Waals surface area contributed by atoms with Gasteiger partial charge in [-0.3, -0.25) is 9.59 Å². The molecule has 0 aromatic heterocycles. The van der Waals surface area contributed by atoms with E-state index in [-0.39, 0.29) is 17.9 Å². The summed E-state index contributed by atoms with van der Waals surface area (Å²) >= 11 is 5.95. The highest BCUT2D eigenvalue weighted by Gasteiger charge is 2.22. The summed E-state index contributed by atoms with van der Waals surface area (Å²) < 4.78 is 0. The molecule has 0 aliphatic carbocycles. The molecule has 1 aliphatic heterocycles. The smallest absolute Gasteiger partial charge is 0.253 e. The second-order valence-corrected chi connectivity index (χ2v) is 6.49. The third kappa shape index (κ3) is 5.22. The first-order chi connectivity index (χ1) is 11.0. The molecular formula is C17H24ClN3O2. The molecule has 1 saturated heterocycles. The van der Waals surface area contributed by atoms with Crippen LogP contribution >= 0.6 is 11.6 Å². The molecule has 0 bridgehead atoms. The summed E-state index contributed by atoms with van der Waals surface area (Å²) in [7, 11) is 0. The normalized spacial score (nSPS) is 16.8. The molecule has 1 aliphatic rings. The van der Waals surface area contributed by atoms with Crippen molar-refractivity contribution >= 4 is 23.4 Å². The van der Waals surface area contributed by atoms with Gasteiger partial charge in [-0.15, -0.1) is 0 Å². The second kappa shape index (κ2) is 8.31. The zero-order valence-electron chi connectivity index (χ0n) is 13.5. The maximum atomic E-state index is 12.5. The van der Waals surface area contributed by atoms with Crippen LogP contribution in [0.4, 0.5) is 0 Å². The van der Waals surface area contributed by atoms with Gasteiger partial charge in [0, 0.05) is 49.2 Å². The molecule has 0 spiro atoms. The minimum atomic E-state index is -0.0302. The van der Waals surface area contributed by atoms with Gasteiger partial charge in [0.2, 0.25) is 5.91 Å². The maximum Gasteiger partial charge on any atom is 0.253 e. The first kappa shape index (κ1) is 17.8. The molecule has 2 N–H and O–H groups in total. The van der Waals surface area contributed by atoms with Crippen molar-refractivity contribution < 1.29 is 9.59 Å². The Bertz CT molecular complexity index is 563. The van der Waals surface area contributed by atoms with Crippen molar-refractivity contribution in [1.82, 2.24) is 9.80 Å². The van der Waals surface area contributed by atoms with Gasteiger partial charge in [-0.2, -0.15) is 0 Å². The standard InChI is InChI=1S/C17H24ClN3O2/c1-13(19)6-7-16(22)20-8-3-9-21(11-10-20)17(23)14-4-2-5-15(18)12-14/h2,4-5,12-13H,3,6-11,19H2,1H3. The Kier molecular flexibility index (Phi) is 6.42. The van der Waals surface area contributed by atoms with E-state index in [1.165, 1.54) is 0 Å². The van der Waals surface area contributed by atoms with Crippen LogP contribution in [0.3, 0.4) is 0 Å². The highest BCUT2D eigenvalue weighted by molar-refractivity contribution is 6.30. The average molecular weight is 338 g/mol. The monoisotopic (exact) mass is 337 g/mol. The van der Waals surface area contributed by atoms with E-state index in [1.54, 1.807) is 29.2 Å². The number of rotatable bonds is 4. The number of nitrogens with two attached hydrogens (primary N) is 1. The van der Waals surface area contributed by atoms with E-state index in [2.05, 4.69) is 0 Å². The fourth-order valence-electron chi connectivity index (χ4n) is 2.68. The Labute approximate surface area is 142 Å². The topological polar surface area (TPSA) is 66.6 Å². The first-order valence-corrected chi connectivity index (χ1v) is 8.43. The fraction of sp³-hybridized carbons (Fsp3) is 0.529. The van der Waals surface area contributed by atoms with Gasteiger partial charge >= 0.3 is 0 Å². The Hall–Kier alpha value is -1.59. The van der Waals surface area contributed by atoms with E-state index in [0.29, 0.717) is 49.6 Å². The molecular weight excluding hydrogens is 314 g/mol. The lowest BCUT2D eigenvalue weighted by Crippen LogP contribution is -2.37. The van der Waals surface area contributed by atoms with Gasteiger partial charge in [-0.25, -0.2) is 0 Å². The highest BCUT2D eigenvalue weighted by atomic mass is 35.5. The number of halogens is 1. The van der Waals surface area contributed by atoms with Crippen LogP contribution in [0.25, 0.3) is 0 Å². The molecule has 5 nitrogen and oxygen atoms in total. The van der Waals surface area contributed by atoms with Gasteiger partial charge in [0.25, 0.3) is 5.91 Å². The number of amides is 2. The molecule has 1 atom stereocenters. The van der Waals surface area contributed by atoms with Gasteiger partial charge in [0.15, 0.2) is 0 Å². The van der Waals surface area contributed by atoms with Crippen LogP contribution in [0.15, 0.2) is 24.3 Å². The number of carbonyl (C=O) groups is 2. The molecule has 1 fully saturated rings. The average Bonchev–Trinajstić information content (AvgIpc) is 2.78. The van der Waals surface area contributed by atoms with E-state index in [9.17, 15) is 9.59 Å². The number of nitrogens with zero attached hydrogens (tertiary/aromatic N) is 2. The fourth-order valence-corrected chi connectivity index (χ4v) is 2.87. The van der Waals surface area contributed by atoms with Gasteiger partial charge in [-0.05, 0) is 38.0 Å². The molecule has 1 unspecified atom stereocenters. The number of benzene rings is 1. The van der Waals surface area contributed by atoms with Crippen molar-refractivity contribution in [2.45, 2.75) is 32.2 Å². The molecule has 6 heteroatoms. The zero-order valence-corrected chi connectivity index (χ0v) is 14.3. The van der Waals surface area contributed by atoms with Crippen LogP contribution in [0, 0.1) is 0 Å². The predicted molar refractivity (Wildman–Crippen MR) is 91.4 cm³/mol. The van der Waals surface area contributed by atoms with Gasteiger partial charge in [-0.1, -0.05) is 17.7 Å². The molecule has 0 radical (unpaired) electrons. The van der Waals surface area contributed by atoms with Gasteiger partial charge in [0.05, 0.1) is 0 Å². The Balaban J connectivity index is 1.93. The molecule has 1 aromatic rings. The maximum absolute atomic E-state index is 12.5. The highest BCUT2D eigenvalue weighted by Crippen LogP contribution is 2.15. The van der Waals surface area contributed by atoms with Gasteiger partial charge in [0.1, 0.15) is 0 Å². The van der Waals surface area contributed by atoms with E-state index in [0.717, 1.165) is 6.42 Å². The number of hydrogen-bond donors (Lipinski definition) is 1. The summed E-state index contributed by atoms with van der Waals surface area (Å²) in [6, 6.07) is 7.01. The summed E-state index contributed by atoms with van der Waals surface area (Å²) in [6.07, 6.45) is 1.95. The van der Waals surface area contributed by atoms with Crippen LogP contribution in [0.1, 0.15) is 36.5 Å². The summed E-state index contributed by atoms with van der Waals surface area (Å²) in [4.78, 5) is 28.4. The lowest BCUT2D eigenvalue weighted by Gasteiger charge is -2.22. The van der Waals surface area contributed by atoms with Crippen LogP contribution in [0.5, 0.6) is 0 Å².